The summed E-state index contributed by atoms with van der Waals surface area (Å²) in [7, 11) is 1.59. The van der Waals surface area contributed by atoms with Gasteiger partial charge in [0, 0.05) is 31.3 Å². The lowest BCUT2D eigenvalue weighted by Gasteiger charge is -2.15. The standard InChI is InChI=1S/C15H25N3O3/c1-10(16)7-13-14(6-5-11(2)17-13)21-9-15(19)18-12(3)8-20-4/h5-6,10,12H,7-9,16H2,1-4H3,(H,18,19). The van der Waals surface area contributed by atoms with Crippen LogP contribution in [0.5, 0.6) is 5.75 Å². The number of amides is 1. The maximum atomic E-state index is 11.8. The van der Waals surface area contributed by atoms with Gasteiger partial charge in [-0.25, -0.2) is 0 Å². The Balaban J connectivity index is 2.60. The molecule has 1 rings (SSSR count). The highest BCUT2D eigenvalue weighted by molar-refractivity contribution is 5.77. The number of nitrogens with one attached hydrogen (secondary N) is 1. The first-order valence-electron chi connectivity index (χ1n) is 7.05. The third-order valence-electron chi connectivity index (χ3n) is 2.77. The molecule has 1 aromatic heterocycles. The SMILES string of the molecule is COCC(C)NC(=O)COc1ccc(C)nc1CC(C)N. The second-order valence-corrected chi connectivity index (χ2v) is 5.29. The molecule has 1 amide bonds. The predicted octanol–water partition coefficient (Wildman–Crippen LogP) is 0.810. The molecule has 0 fully saturated rings. The number of hydrogen-bond donors (Lipinski definition) is 2. The van der Waals surface area contributed by atoms with Crippen molar-refractivity contribution in [2.45, 2.75) is 39.3 Å². The first-order chi connectivity index (χ1) is 9.92. The highest BCUT2D eigenvalue weighted by Crippen LogP contribution is 2.18. The number of methoxy groups -OCH3 is 1. The van der Waals surface area contributed by atoms with Gasteiger partial charge in [-0.15, -0.1) is 0 Å². The highest BCUT2D eigenvalue weighted by atomic mass is 16.5. The predicted molar refractivity (Wildman–Crippen MR) is 81.3 cm³/mol. The summed E-state index contributed by atoms with van der Waals surface area (Å²) in [5.74, 6) is 0.416. The van der Waals surface area contributed by atoms with Crippen LogP contribution in [0.1, 0.15) is 25.2 Å². The molecule has 0 saturated heterocycles. The van der Waals surface area contributed by atoms with Crippen molar-refractivity contribution in [3.05, 3.63) is 23.5 Å². The number of hydrogen-bond acceptors (Lipinski definition) is 5. The third kappa shape index (κ3) is 6.55. The second-order valence-electron chi connectivity index (χ2n) is 5.29. The number of nitrogens with zero attached hydrogens (tertiary/aromatic N) is 1. The number of aromatic nitrogens is 1. The molecule has 6 heteroatoms. The van der Waals surface area contributed by atoms with Crippen molar-refractivity contribution in [2.24, 2.45) is 5.73 Å². The molecule has 0 saturated carbocycles. The molecule has 118 valence electrons. The summed E-state index contributed by atoms with van der Waals surface area (Å²) in [4.78, 5) is 16.2. The smallest absolute Gasteiger partial charge is 0.258 e. The Morgan fingerprint density at radius 1 is 1.43 bits per heavy atom. The van der Waals surface area contributed by atoms with Gasteiger partial charge in [0.2, 0.25) is 0 Å². The minimum Gasteiger partial charge on any atom is -0.482 e. The monoisotopic (exact) mass is 295 g/mol. The van der Waals surface area contributed by atoms with E-state index in [9.17, 15) is 4.79 Å². The van der Waals surface area contributed by atoms with E-state index < -0.39 is 0 Å². The van der Waals surface area contributed by atoms with E-state index in [-0.39, 0.29) is 24.6 Å². The average Bonchev–Trinajstić information content (AvgIpc) is 2.37. The molecule has 1 aromatic rings. The lowest BCUT2D eigenvalue weighted by atomic mass is 10.1. The van der Waals surface area contributed by atoms with E-state index in [0.29, 0.717) is 18.8 Å². The topological polar surface area (TPSA) is 86.5 Å². The van der Waals surface area contributed by atoms with E-state index in [1.807, 2.05) is 32.9 Å². The first-order valence-corrected chi connectivity index (χ1v) is 7.05. The maximum absolute atomic E-state index is 11.8. The van der Waals surface area contributed by atoms with Gasteiger partial charge in [0.15, 0.2) is 6.61 Å². The van der Waals surface area contributed by atoms with Crippen LogP contribution in [0.15, 0.2) is 12.1 Å². The van der Waals surface area contributed by atoms with E-state index in [2.05, 4.69) is 10.3 Å². The van der Waals surface area contributed by atoms with Crippen LogP contribution in [-0.4, -0.2) is 43.3 Å². The largest absolute Gasteiger partial charge is 0.482 e. The van der Waals surface area contributed by atoms with E-state index in [4.69, 9.17) is 15.2 Å². The number of aryl methyl sites for hydroxylation is 1. The molecule has 0 bridgehead atoms. The molecule has 1 heterocycles. The Morgan fingerprint density at radius 3 is 2.76 bits per heavy atom. The highest BCUT2D eigenvalue weighted by Gasteiger charge is 2.12. The number of nitrogens with two attached hydrogens (primary N) is 1. The minimum atomic E-state index is -0.188. The summed E-state index contributed by atoms with van der Waals surface area (Å²) >= 11 is 0. The number of ether oxygens (including phenoxy) is 2. The van der Waals surface area contributed by atoms with E-state index >= 15 is 0 Å². The van der Waals surface area contributed by atoms with Crippen molar-refractivity contribution in [1.82, 2.24) is 10.3 Å². The van der Waals surface area contributed by atoms with Crippen LogP contribution in [-0.2, 0) is 16.0 Å². The molecule has 6 nitrogen and oxygen atoms in total. The number of carbonyl (C=O) groups excluding carboxylic acids is 1. The van der Waals surface area contributed by atoms with Crippen molar-refractivity contribution >= 4 is 5.91 Å². The van der Waals surface area contributed by atoms with Gasteiger partial charge < -0.3 is 20.5 Å². The fourth-order valence-electron chi connectivity index (χ4n) is 1.93. The Morgan fingerprint density at radius 2 is 2.14 bits per heavy atom. The van der Waals surface area contributed by atoms with Gasteiger partial charge in [-0.1, -0.05) is 0 Å². The molecule has 21 heavy (non-hydrogen) atoms. The Bertz CT molecular complexity index is 463. The summed E-state index contributed by atoms with van der Waals surface area (Å²) in [6.45, 7) is 6.11. The zero-order chi connectivity index (χ0) is 15.8. The van der Waals surface area contributed by atoms with Gasteiger partial charge in [0.1, 0.15) is 5.75 Å². The van der Waals surface area contributed by atoms with E-state index in [1.165, 1.54) is 0 Å². The van der Waals surface area contributed by atoms with Gasteiger partial charge in [-0.3, -0.25) is 9.78 Å². The summed E-state index contributed by atoms with van der Waals surface area (Å²) in [6, 6.07) is 3.61. The Labute approximate surface area is 126 Å². The minimum absolute atomic E-state index is 0.0165. The zero-order valence-corrected chi connectivity index (χ0v) is 13.2. The third-order valence-corrected chi connectivity index (χ3v) is 2.77. The molecule has 0 aliphatic carbocycles. The van der Waals surface area contributed by atoms with Crippen LogP contribution in [0, 0.1) is 6.92 Å². The summed E-state index contributed by atoms with van der Waals surface area (Å²) in [5, 5.41) is 2.79. The molecular formula is C15H25N3O3. The summed E-state index contributed by atoms with van der Waals surface area (Å²) in [5.41, 5.74) is 7.49. The van der Waals surface area contributed by atoms with Crippen molar-refractivity contribution in [1.29, 1.82) is 0 Å². The number of pyridine rings is 1. The second kappa shape index (κ2) is 8.59. The normalized spacial score (nSPS) is 13.6. The van der Waals surface area contributed by atoms with Crippen molar-refractivity contribution < 1.29 is 14.3 Å². The molecule has 0 aliphatic rings. The van der Waals surface area contributed by atoms with E-state index in [1.54, 1.807) is 7.11 Å². The van der Waals surface area contributed by atoms with E-state index in [0.717, 1.165) is 11.4 Å². The summed E-state index contributed by atoms with van der Waals surface area (Å²) < 4.78 is 10.5. The van der Waals surface area contributed by atoms with Crippen LogP contribution in [0.25, 0.3) is 0 Å². The van der Waals surface area contributed by atoms with Crippen LogP contribution >= 0.6 is 0 Å². The number of rotatable bonds is 8. The molecule has 2 unspecified atom stereocenters. The molecule has 2 atom stereocenters. The average molecular weight is 295 g/mol. The van der Waals surface area contributed by atoms with Gasteiger partial charge in [-0.2, -0.15) is 0 Å². The van der Waals surface area contributed by atoms with Crippen molar-refractivity contribution in [3.63, 3.8) is 0 Å². The lowest BCUT2D eigenvalue weighted by Crippen LogP contribution is -2.38. The van der Waals surface area contributed by atoms with Crippen molar-refractivity contribution in [3.8, 4) is 5.75 Å². The quantitative estimate of drug-likeness (QED) is 0.741. The molecule has 0 spiro atoms. The fraction of sp³-hybridized carbons (Fsp3) is 0.600. The zero-order valence-electron chi connectivity index (χ0n) is 13.2. The Kier molecular flexibility index (Phi) is 7.11. The fourth-order valence-corrected chi connectivity index (χ4v) is 1.93. The Hall–Kier alpha value is -1.66. The van der Waals surface area contributed by atoms with Crippen molar-refractivity contribution in [2.75, 3.05) is 20.3 Å². The van der Waals surface area contributed by atoms with Gasteiger partial charge in [0.05, 0.1) is 12.3 Å². The molecule has 0 aliphatic heterocycles. The first kappa shape index (κ1) is 17.4. The van der Waals surface area contributed by atoms with Crippen LogP contribution < -0.4 is 15.8 Å². The van der Waals surface area contributed by atoms with Gasteiger partial charge in [0.25, 0.3) is 5.91 Å². The number of carbonyl (C=O) groups is 1. The molecular weight excluding hydrogens is 270 g/mol. The molecule has 0 aromatic carbocycles. The van der Waals surface area contributed by atoms with Crippen LogP contribution in [0.3, 0.4) is 0 Å². The summed E-state index contributed by atoms with van der Waals surface area (Å²) in [6.07, 6.45) is 0.610. The maximum Gasteiger partial charge on any atom is 0.258 e. The van der Waals surface area contributed by atoms with Gasteiger partial charge >= 0.3 is 0 Å². The molecule has 0 radical (unpaired) electrons. The van der Waals surface area contributed by atoms with Gasteiger partial charge in [-0.05, 0) is 32.9 Å². The van der Waals surface area contributed by atoms with Crippen LogP contribution in [0.4, 0.5) is 0 Å². The van der Waals surface area contributed by atoms with Crippen LogP contribution in [0.2, 0.25) is 0 Å². The molecule has 3 N–H and O–H groups in total. The lowest BCUT2D eigenvalue weighted by molar-refractivity contribution is -0.124.